The lowest BCUT2D eigenvalue weighted by Crippen LogP contribution is -2.32. The highest BCUT2D eigenvalue weighted by molar-refractivity contribution is 5.94. The van der Waals surface area contributed by atoms with Crippen LogP contribution in [-0.2, 0) is 9.53 Å². The van der Waals surface area contributed by atoms with Gasteiger partial charge in [0.1, 0.15) is 6.10 Å². The van der Waals surface area contributed by atoms with E-state index in [0.717, 1.165) is 0 Å². The molecule has 0 aromatic carbocycles. The molecule has 0 amide bonds. The molecule has 1 aliphatic rings. The average molecular weight is 170 g/mol. The highest BCUT2D eigenvalue weighted by Crippen LogP contribution is 2.15. The van der Waals surface area contributed by atoms with Gasteiger partial charge in [0.15, 0.2) is 12.1 Å². The molecule has 3 nitrogen and oxygen atoms in total. The van der Waals surface area contributed by atoms with Crippen LogP contribution in [0.3, 0.4) is 0 Å². The van der Waals surface area contributed by atoms with Crippen LogP contribution in [0.15, 0.2) is 12.2 Å². The summed E-state index contributed by atoms with van der Waals surface area (Å²) in [6.45, 7) is 4.03. The van der Waals surface area contributed by atoms with Gasteiger partial charge in [-0.05, 0) is 24.5 Å². The van der Waals surface area contributed by atoms with Crippen LogP contribution in [0.1, 0.15) is 20.3 Å². The third-order valence-corrected chi connectivity index (χ3v) is 1.73. The third-order valence-electron chi connectivity index (χ3n) is 1.73. The van der Waals surface area contributed by atoms with Gasteiger partial charge in [0.05, 0.1) is 0 Å². The number of carbonyl (C=O) groups excluding carboxylic acids is 1. The number of hydrogen-bond donors (Lipinski definition) is 1. The number of ketones is 1. The van der Waals surface area contributed by atoms with E-state index < -0.39 is 12.4 Å². The average Bonchev–Trinajstić information content (AvgIpc) is 1.96. The van der Waals surface area contributed by atoms with E-state index in [2.05, 4.69) is 0 Å². The van der Waals surface area contributed by atoms with Crippen molar-refractivity contribution >= 4 is 5.78 Å². The first kappa shape index (κ1) is 9.42. The van der Waals surface area contributed by atoms with Gasteiger partial charge >= 0.3 is 0 Å². The Morgan fingerprint density at radius 1 is 1.67 bits per heavy atom. The van der Waals surface area contributed by atoms with Gasteiger partial charge in [0.2, 0.25) is 0 Å². The van der Waals surface area contributed by atoms with Gasteiger partial charge < -0.3 is 9.84 Å². The molecule has 2 atom stereocenters. The summed E-state index contributed by atoms with van der Waals surface area (Å²) in [5.74, 6) is 0.353. The van der Waals surface area contributed by atoms with Gasteiger partial charge in [0.25, 0.3) is 0 Å². The Hall–Kier alpha value is -0.670. The Kier molecular flexibility index (Phi) is 3.00. The molecule has 0 fully saturated rings. The zero-order valence-electron chi connectivity index (χ0n) is 7.36. The van der Waals surface area contributed by atoms with Crippen molar-refractivity contribution in [2.24, 2.45) is 5.92 Å². The van der Waals surface area contributed by atoms with Crippen molar-refractivity contribution in [2.75, 3.05) is 0 Å². The van der Waals surface area contributed by atoms with E-state index in [0.29, 0.717) is 12.3 Å². The Bertz CT molecular complexity index is 196. The first-order valence-corrected chi connectivity index (χ1v) is 4.15. The molecular weight excluding hydrogens is 156 g/mol. The lowest BCUT2D eigenvalue weighted by molar-refractivity contribution is -0.150. The zero-order chi connectivity index (χ0) is 9.14. The fourth-order valence-electron chi connectivity index (χ4n) is 1.17. The first-order valence-electron chi connectivity index (χ1n) is 4.15. The third kappa shape index (κ3) is 2.43. The largest absolute Gasteiger partial charge is 0.365 e. The van der Waals surface area contributed by atoms with Gasteiger partial charge in [-0.15, -0.1) is 0 Å². The maximum atomic E-state index is 11.2. The number of carbonyl (C=O) groups is 1. The summed E-state index contributed by atoms with van der Waals surface area (Å²) in [4.78, 5) is 11.2. The molecule has 0 unspecified atom stereocenters. The number of ether oxygens (including phenoxy) is 1. The van der Waals surface area contributed by atoms with Crippen LogP contribution >= 0.6 is 0 Å². The van der Waals surface area contributed by atoms with Crippen LogP contribution in [0, 0.1) is 5.92 Å². The number of rotatable bonds is 2. The smallest absolute Gasteiger partial charge is 0.184 e. The minimum Gasteiger partial charge on any atom is -0.365 e. The molecule has 0 aliphatic carbocycles. The van der Waals surface area contributed by atoms with Crippen LogP contribution in [0.25, 0.3) is 0 Å². The van der Waals surface area contributed by atoms with Crippen molar-refractivity contribution in [1.82, 2.24) is 0 Å². The summed E-state index contributed by atoms with van der Waals surface area (Å²) < 4.78 is 5.03. The van der Waals surface area contributed by atoms with E-state index in [1.54, 1.807) is 0 Å². The molecule has 12 heavy (non-hydrogen) atoms. The summed E-state index contributed by atoms with van der Waals surface area (Å²) in [5.41, 5.74) is 0. The maximum Gasteiger partial charge on any atom is 0.184 e. The van der Waals surface area contributed by atoms with E-state index in [1.165, 1.54) is 12.2 Å². The fourth-order valence-corrected chi connectivity index (χ4v) is 1.17. The van der Waals surface area contributed by atoms with E-state index in [-0.39, 0.29) is 5.78 Å². The Morgan fingerprint density at radius 3 is 2.92 bits per heavy atom. The molecule has 0 aromatic rings. The van der Waals surface area contributed by atoms with Crippen molar-refractivity contribution in [1.29, 1.82) is 0 Å². The molecule has 0 spiro atoms. The second-order valence-electron chi connectivity index (χ2n) is 3.41. The second kappa shape index (κ2) is 3.83. The molecule has 1 rings (SSSR count). The molecule has 0 saturated carbocycles. The highest BCUT2D eigenvalue weighted by Gasteiger charge is 2.24. The van der Waals surface area contributed by atoms with Crippen LogP contribution in [-0.4, -0.2) is 23.3 Å². The van der Waals surface area contributed by atoms with Gasteiger partial charge in [-0.3, -0.25) is 4.79 Å². The van der Waals surface area contributed by atoms with Gasteiger partial charge in [-0.25, -0.2) is 0 Å². The highest BCUT2D eigenvalue weighted by atomic mass is 16.6. The molecule has 0 bridgehead atoms. The molecule has 1 heterocycles. The number of aliphatic hydroxyl groups excluding tert-OH is 1. The molecular formula is C9H14O3. The van der Waals surface area contributed by atoms with E-state index in [4.69, 9.17) is 9.84 Å². The van der Waals surface area contributed by atoms with Gasteiger partial charge in [-0.1, -0.05) is 13.8 Å². The lowest BCUT2D eigenvalue weighted by Gasteiger charge is -2.22. The molecule has 1 N–H and O–H groups in total. The van der Waals surface area contributed by atoms with Crippen molar-refractivity contribution in [2.45, 2.75) is 32.7 Å². The normalized spacial score (nSPS) is 29.8. The SMILES string of the molecule is CC(C)C[C@@H]1O[C@H](O)C=CC1=O. The quantitative estimate of drug-likeness (QED) is 0.669. The lowest BCUT2D eigenvalue weighted by atomic mass is 10.0. The maximum absolute atomic E-state index is 11.2. The zero-order valence-corrected chi connectivity index (χ0v) is 7.36. The molecule has 0 saturated heterocycles. The molecule has 1 aliphatic heterocycles. The van der Waals surface area contributed by atoms with Gasteiger partial charge in [0, 0.05) is 0 Å². The summed E-state index contributed by atoms with van der Waals surface area (Å²) in [6.07, 6.45) is 2.05. The molecule has 0 aromatic heterocycles. The number of aliphatic hydroxyl groups is 1. The van der Waals surface area contributed by atoms with Gasteiger partial charge in [-0.2, -0.15) is 0 Å². The van der Waals surface area contributed by atoms with E-state index >= 15 is 0 Å². The molecule has 3 heteroatoms. The fraction of sp³-hybridized carbons (Fsp3) is 0.667. The van der Waals surface area contributed by atoms with Crippen LogP contribution < -0.4 is 0 Å². The predicted molar refractivity (Wildman–Crippen MR) is 44.5 cm³/mol. The van der Waals surface area contributed by atoms with E-state index in [1.807, 2.05) is 13.8 Å². The van der Waals surface area contributed by atoms with Crippen molar-refractivity contribution in [3.05, 3.63) is 12.2 Å². The predicted octanol–water partition coefficient (Wildman–Crippen LogP) is 0.875. The van der Waals surface area contributed by atoms with Crippen molar-refractivity contribution in [3.63, 3.8) is 0 Å². The second-order valence-corrected chi connectivity index (χ2v) is 3.41. The van der Waals surface area contributed by atoms with Crippen LogP contribution in [0.4, 0.5) is 0 Å². The van der Waals surface area contributed by atoms with Crippen molar-refractivity contribution in [3.8, 4) is 0 Å². The topological polar surface area (TPSA) is 46.5 Å². The summed E-state index contributed by atoms with van der Waals surface area (Å²) >= 11 is 0. The Morgan fingerprint density at radius 2 is 2.33 bits per heavy atom. The minimum absolute atomic E-state index is 0.0472. The summed E-state index contributed by atoms with van der Waals surface area (Å²) in [5, 5.41) is 9.05. The summed E-state index contributed by atoms with van der Waals surface area (Å²) in [6, 6.07) is 0. The minimum atomic E-state index is -0.911. The monoisotopic (exact) mass is 170 g/mol. The first-order chi connectivity index (χ1) is 5.59. The van der Waals surface area contributed by atoms with Crippen LogP contribution in [0.2, 0.25) is 0 Å². The number of hydrogen-bond acceptors (Lipinski definition) is 3. The van der Waals surface area contributed by atoms with Crippen molar-refractivity contribution < 1.29 is 14.6 Å². The van der Waals surface area contributed by atoms with Crippen LogP contribution in [0.5, 0.6) is 0 Å². The molecule has 0 radical (unpaired) electrons. The molecule has 68 valence electrons. The Labute approximate surface area is 72.0 Å². The van der Waals surface area contributed by atoms with E-state index in [9.17, 15) is 4.79 Å². The Balaban J connectivity index is 2.54. The summed E-state index contributed by atoms with van der Waals surface area (Å²) in [7, 11) is 0. The standard InChI is InChI=1S/C9H14O3/c1-6(2)5-8-7(10)3-4-9(11)12-8/h3-4,6,8-9,11H,5H2,1-2H3/t8-,9-/m0/s1.